The minimum absolute atomic E-state index is 0.878. The highest BCUT2D eigenvalue weighted by Crippen LogP contribution is 2.73. The predicted octanol–water partition coefficient (Wildman–Crippen LogP) is 2.44. The Morgan fingerprint density at radius 2 is 2.22 bits per heavy atom. The highest BCUT2D eigenvalue weighted by atomic mass is 14.7. The standard InChI is InChI=1S/C9H14/c1-9-5-6-2-3-7(9)4-8(6)9/h6-8H,2-5H2,1H3. The molecule has 0 heteroatoms. The highest BCUT2D eigenvalue weighted by molar-refractivity contribution is 5.14. The molecule has 0 amide bonds. The summed E-state index contributed by atoms with van der Waals surface area (Å²) >= 11 is 0. The summed E-state index contributed by atoms with van der Waals surface area (Å²) < 4.78 is 0. The fraction of sp³-hybridized carbons (Fsp3) is 1.00. The first-order valence-corrected chi connectivity index (χ1v) is 4.31. The summed E-state index contributed by atoms with van der Waals surface area (Å²) in [6, 6.07) is 0. The Balaban J connectivity index is 2.00. The van der Waals surface area contributed by atoms with Gasteiger partial charge in [0.25, 0.3) is 0 Å². The first kappa shape index (κ1) is 4.76. The molecule has 4 aliphatic carbocycles. The van der Waals surface area contributed by atoms with Gasteiger partial charge in [0.1, 0.15) is 0 Å². The van der Waals surface area contributed by atoms with Crippen LogP contribution in [0.1, 0.15) is 32.6 Å². The van der Waals surface area contributed by atoms with E-state index in [1.165, 1.54) is 11.8 Å². The Morgan fingerprint density at radius 3 is 2.44 bits per heavy atom. The van der Waals surface area contributed by atoms with E-state index in [1.54, 1.807) is 25.7 Å². The van der Waals surface area contributed by atoms with Crippen LogP contribution in [-0.4, -0.2) is 0 Å². The van der Waals surface area contributed by atoms with Gasteiger partial charge in [-0.3, -0.25) is 0 Å². The molecular formula is C9H14. The van der Waals surface area contributed by atoms with Crippen molar-refractivity contribution in [2.75, 3.05) is 0 Å². The zero-order valence-electron chi connectivity index (χ0n) is 6.06. The van der Waals surface area contributed by atoms with Gasteiger partial charge in [-0.25, -0.2) is 0 Å². The van der Waals surface area contributed by atoms with Crippen LogP contribution in [0.2, 0.25) is 0 Å². The van der Waals surface area contributed by atoms with E-state index in [0.717, 1.165) is 11.3 Å². The van der Waals surface area contributed by atoms with Gasteiger partial charge in [-0.05, 0) is 48.9 Å². The number of hydrogen-bond acceptors (Lipinski definition) is 0. The number of fused-ring (bicyclic) bond motifs is 1. The van der Waals surface area contributed by atoms with Crippen molar-refractivity contribution in [1.82, 2.24) is 0 Å². The number of hydrogen-bond donors (Lipinski definition) is 0. The van der Waals surface area contributed by atoms with Crippen LogP contribution in [0.25, 0.3) is 0 Å². The van der Waals surface area contributed by atoms with E-state index in [0.29, 0.717) is 0 Å². The minimum atomic E-state index is 0.878. The fourth-order valence-electron chi connectivity index (χ4n) is 3.75. The van der Waals surface area contributed by atoms with E-state index < -0.39 is 0 Å². The lowest BCUT2D eigenvalue weighted by Gasteiger charge is -2.71. The van der Waals surface area contributed by atoms with Gasteiger partial charge in [0.15, 0.2) is 0 Å². The fourth-order valence-corrected chi connectivity index (χ4v) is 3.75. The molecular weight excluding hydrogens is 108 g/mol. The lowest BCUT2D eigenvalue weighted by atomic mass is 9.34. The largest absolute Gasteiger partial charge is 0.0591 e. The average molecular weight is 122 g/mol. The topological polar surface area (TPSA) is 0 Å². The van der Waals surface area contributed by atoms with Crippen LogP contribution in [0.4, 0.5) is 0 Å². The van der Waals surface area contributed by atoms with Gasteiger partial charge >= 0.3 is 0 Å². The smallest absolute Gasteiger partial charge is 0.0264 e. The third-order valence-corrected chi connectivity index (χ3v) is 4.48. The summed E-state index contributed by atoms with van der Waals surface area (Å²) in [5.41, 5.74) is 0.878. The van der Waals surface area contributed by atoms with Crippen LogP contribution in [0.5, 0.6) is 0 Å². The Labute approximate surface area is 56.6 Å². The van der Waals surface area contributed by atoms with Crippen molar-refractivity contribution in [3.63, 3.8) is 0 Å². The second kappa shape index (κ2) is 1.09. The molecule has 0 N–H and O–H groups in total. The first-order chi connectivity index (χ1) is 4.31. The van der Waals surface area contributed by atoms with Crippen LogP contribution in [0.15, 0.2) is 0 Å². The third-order valence-electron chi connectivity index (χ3n) is 4.48. The zero-order chi connectivity index (χ0) is 6.06. The molecule has 0 radical (unpaired) electrons. The quantitative estimate of drug-likeness (QED) is 0.463. The van der Waals surface area contributed by atoms with Crippen molar-refractivity contribution in [2.45, 2.75) is 32.6 Å². The normalized spacial score (nSPS) is 68.3. The van der Waals surface area contributed by atoms with Gasteiger partial charge in [0.2, 0.25) is 0 Å². The van der Waals surface area contributed by atoms with E-state index in [2.05, 4.69) is 6.92 Å². The molecule has 0 aliphatic heterocycles. The van der Waals surface area contributed by atoms with E-state index in [-0.39, 0.29) is 0 Å². The molecule has 0 nitrogen and oxygen atoms in total. The molecule has 0 saturated heterocycles. The van der Waals surface area contributed by atoms with E-state index in [9.17, 15) is 0 Å². The molecule has 0 spiro atoms. The SMILES string of the molecule is CC12CC3CCC1CC32. The summed E-state index contributed by atoms with van der Waals surface area (Å²) in [6.45, 7) is 2.52. The summed E-state index contributed by atoms with van der Waals surface area (Å²) in [5, 5.41) is 0. The summed E-state index contributed by atoms with van der Waals surface area (Å²) in [6.07, 6.45) is 6.33. The molecule has 9 heavy (non-hydrogen) atoms. The molecule has 0 aromatic heterocycles. The zero-order valence-corrected chi connectivity index (χ0v) is 6.06. The van der Waals surface area contributed by atoms with Gasteiger partial charge in [0, 0.05) is 0 Å². The maximum absolute atomic E-state index is 2.52. The first-order valence-electron chi connectivity index (χ1n) is 4.31. The van der Waals surface area contributed by atoms with E-state index >= 15 is 0 Å². The summed E-state index contributed by atoms with van der Waals surface area (Å²) in [4.78, 5) is 0. The Bertz CT molecular complexity index is 153. The Morgan fingerprint density at radius 1 is 1.33 bits per heavy atom. The molecule has 4 fully saturated rings. The Kier molecular flexibility index (Phi) is 0.574. The second-order valence-corrected chi connectivity index (χ2v) is 4.59. The van der Waals surface area contributed by atoms with Crippen molar-refractivity contribution in [3.8, 4) is 0 Å². The number of rotatable bonds is 0. The molecule has 4 aliphatic rings. The Hall–Kier alpha value is 0. The minimum Gasteiger partial charge on any atom is -0.0591 e. The molecule has 4 saturated carbocycles. The summed E-state index contributed by atoms with van der Waals surface area (Å²) in [7, 11) is 0. The monoisotopic (exact) mass is 122 g/mol. The van der Waals surface area contributed by atoms with Crippen molar-refractivity contribution in [1.29, 1.82) is 0 Å². The van der Waals surface area contributed by atoms with Gasteiger partial charge in [-0.15, -0.1) is 0 Å². The van der Waals surface area contributed by atoms with E-state index in [4.69, 9.17) is 0 Å². The lowest BCUT2D eigenvalue weighted by Crippen LogP contribution is -2.63. The van der Waals surface area contributed by atoms with Crippen molar-refractivity contribution in [3.05, 3.63) is 0 Å². The highest BCUT2D eigenvalue weighted by Gasteiger charge is 2.64. The molecule has 0 heterocycles. The molecule has 0 aromatic carbocycles. The molecule has 50 valence electrons. The van der Waals surface area contributed by atoms with Gasteiger partial charge in [-0.1, -0.05) is 6.92 Å². The average Bonchev–Trinajstić information content (AvgIpc) is 1.88. The lowest BCUT2D eigenvalue weighted by molar-refractivity contribution is -0.221. The van der Waals surface area contributed by atoms with Gasteiger partial charge in [-0.2, -0.15) is 0 Å². The maximum atomic E-state index is 2.52. The third kappa shape index (κ3) is 0.320. The van der Waals surface area contributed by atoms with Crippen LogP contribution >= 0.6 is 0 Å². The van der Waals surface area contributed by atoms with Crippen LogP contribution in [0.3, 0.4) is 0 Å². The molecule has 4 atom stereocenters. The van der Waals surface area contributed by atoms with E-state index in [1.807, 2.05) is 0 Å². The van der Waals surface area contributed by atoms with Crippen molar-refractivity contribution < 1.29 is 0 Å². The van der Waals surface area contributed by atoms with Crippen LogP contribution < -0.4 is 0 Å². The van der Waals surface area contributed by atoms with Crippen LogP contribution in [-0.2, 0) is 0 Å². The second-order valence-electron chi connectivity index (χ2n) is 4.59. The van der Waals surface area contributed by atoms with Crippen molar-refractivity contribution >= 4 is 0 Å². The van der Waals surface area contributed by atoms with Crippen LogP contribution in [0, 0.1) is 23.2 Å². The molecule has 0 aromatic rings. The summed E-state index contributed by atoms with van der Waals surface area (Å²) in [5.74, 6) is 3.53. The van der Waals surface area contributed by atoms with Gasteiger partial charge in [0.05, 0.1) is 0 Å². The molecule has 4 bridgehead atoms. The van der Waals surface area contributed by atoms with Crippen molar-refractivity contribution in [2.24, 2.45) is 23.2 Å². The molecule has 4 rings (SSSR count). The predicted molar refractivity (Wildman–Crippen MR) is 37.0 cm³/mol. The molecule has 4 unspecified atom stereocenters. The van der Waals surface area contributed by atoms with Gasteiger partial charge < -0.3 is 0 Å². The maximum Gasteiger partial charge on any atom is -0.0264 e.